The van der Waals surface area contributed by atoms with E-state index in [1.807, 2.05) is 31.3 Å². The first-order chi connectivity index (χ1) is 8.17. The highest BCUT2D eigenvalue weighted by molar-refractivity contribution is 6.30. The highest BCUT2D eigenvalue weighted by Gasteiger charge is 2.14. The van der Waals surface area contributed by atoms with Crippen molar-refractivity contribution in [2.75, 3.05) is 0 Å². The van der Waals surface area contributed by atoms with Crippen molar-refractivity contribution in [1.29, 1.82) is 0 Å². The van der Waals surface area contributed by atoms with E-state index in [0.29, 0.717) is 5.02 Å². The normalized spacial score (nSPS) is 10.8. The molecule has 0 fully saturated rings. The quantitative estimate of drug-likeness (QED) is 0.910. The number of aliphatic hydroxyl groups is 1. The molecule has 2 rings (SSSR count). The Morgan fingerprint density at radius 3 is 2.47 bits per heavy atom. The fourth-order valence-electron chi connectivity index (χ4n) is 2.01. The van der Waals surface area contributed by atoms with Gasteiger partial charge in [0.15, 0.2) is 0 Å². The molecule has 4 heteroatoms. The third kappa shape index (κ3) is 2.21. The minimum Gasteiger partial charge on any atom is -0.390 e. The second kappa shape index (κ2) is 4.90. The van der Waals surface area contributed by atoms with Crippen molar-refractivity contribution in [2.24, 2.45) is 7.05 Å². The largest absolute Gasteiger partial charge is 0.390 e. The molecule has 0 radical (unpaired) electrons. The Morgan fingerprint density at radius 1 is 1.29 bits per heavy atom. The molecule has 0 aliphatic rings. The number of aromatic nitrogens is 2. The van der Waals surface area contributed by atoms with Gasteiger partial charge in [0.1, 0.15) is 0 Å². The zero-order valence-electron chi connectivity index (χ0n) is 9.94. The van der Waals surface area contributed by atoms with Crippen LogP contribution in [0.4, 0.5) is 0 Å². The Morgan fingerprint density at radius 2 is 1.94 bits per heavy atom. The van der Waals surface area contributed by atoms with Crippen LogP contribution in [0.1, 0.15) is 18.2 Å². The van der Waals surface area contributed by atoms with E-state index < -0.39 is 0 Å². The van der Waals surface area contributed by atoms with Crippen LogP contribution >= 0.6 is 11.6 Å². The Hall–Kier alpha value is -1.32. The first-order valence-electron chi connectivity index (χ1n) is 5.59. The summed E-state index contributed by atoms with van der Waals surface area (Å²) in [5.74, 6) is 0. The number of benzene rings is 1. The van der Waals surface area contributed by atoms with Gasteiger partial charge >= 0.3 is 0 Å². The van der Waals surface area contributed by atoms with Gasteiger partial charge in [0.05, 0.1) is 18.0 Å². The fraction of sp³-hybridized carbons (Fsp3) is 0.308. The molecular formula is C13H15ClN2O. The van der Waals surface area contributed by atoms with E-state index in [1.54, 1.807) is 4.68 Å². The lowest BCUT2D eigenvalue weighted by molar-refractivity contribution is 0.269. The van der Waals surface area contributed by atoms with Crippen LogP contribution in [0.25, 0.3) is 11.3 Å². The van der Waals surface area contributed by atoms with Gasteiger partial charge in [0.25, 0.3) is 0 Å². The molecular weight excluding hydrogens is 236 g/mol. The molecule has 0 aliphatic heterocycles. The van der Waals surface area contributed by atoms with E-state index in [4.69, 9.17) is 11.6 Å². The summed E-state index contributed by atoms with van der Waals surface area (Å²) in [5, 5.41) is 14.5. The lowest BCUT2D eigenvalue weighted by Gasteiger charge is -2.02. The van der Waals surface area contributed by atoms with Crippen molar-refractivity contribution in [3.05, 3.63) is 40.5 Å². The molecule has 0 saturated carbocycles. The molecule has 1 aromatic carbocycles. The van der Waals surface area contributed by atoms with Crippen LogP contribution in [0.2, 0.25) is 5.02 Å². The molecule has 2 aromatic rings. The standard InChI is InChI=1S/C13H15ClN2O/c1-3-11-12(8-17)16(2)15-13(11)9-4-6-10(14)7-5-9/h4-7,17H,3,8H2,1-2H3. The van der Waals surface area contributed by atoms with Crippen LogP contribution < -0.4 is 0 Å². The van der Waals surface area contributed by atoms with Gasteiger partial charge in [-0.3, -0.25) is 4.68 Å². The molecule has 0 saturated heterocycles. The van der Waals surface area contributed by atoms with Gasteiger partial charge in [-0.05, 0) is 18.6 Å². The maximum Gasteiger partial charge on any atom is 0.0958 e. The van der Waals surface area contributed by atoms with Crippen LogP contribution in [0, 0.1) is 0 Å². The van der Waals surface area contributed by atoms with Crippen LogP contribution in [-0.2, 0) is 20.1 Å². The molecule has 0 aliphatic carbocycles. The first-order valence-corrected chi connectivity index (χ1v) is 5.96. The third-order valence-corrected chi connectivity index (χ3v) is 3.15. The van der Waals surface area contributed by atoms with Gasteiger partial charge in [0.2, 0.25) is 0 Å². The minimum absolute atomic E-state index is 0.0141. The number of halogens is 1. The highest BCUT2D eigenvalue weighted by Crippen LogP contribution is 2.26. The smallest absolute Gasteiger partial charge is 0.0958 e. The molecule has 17 heavy (non-hydrogen) atoms. The Labute approximate surface area is 106 Å². The predicted octanol–water partition coefficient (Wildman–Crippen LogP) is 2.80. The number of aryl methyl sites for hydroxylation is 1. The van der Waals surface area contributed by atoms with Gasteiger partial charge in [-0.1, -0.05) is 30.7 Å². The average Bonchev–Trinajstić information content (AvgIpc) is 2.66. The number of hydrogen-bond acceptors (Lipinski definition) is 2. The zero-order valence-corrected chi connectivity index (χ0v) is 10.7. The summed E-state index contributed by atoms with van der Waals surface area (Å²) < 4.78 is 1.74. The van der Waals surface area contributed by atoms with E-state index >= 15 is 0 Å². The summed E-state index contributed by atoms with van der Waals surface area (Å²) >= 11 is 5.87. The van der Waals surface area contributed by atoms with E-state index in [0.717, 1.165) is 28.9 Å². The summed E-state index contributed by atoms with van der Waals surface area (Å²) in [6.45, 7) is 2.08. The van der Waals surface area contributed by atoms with Crippen LogP contribution in [0.15, 0.2) is 24.3 Å². The monoisotopic (exact) mass is 250 g/mol. The molecule has 0 spiro atoms. The van der Waals surface area contributed by atoms with Crippen molar-refractivity contribution >= 4 is 11.6 Å². The maximum absolute atomic E-state index is 9.35. The Bertz CT molecular complexity index is 517. The minimum atomic E-state index is 0.0141. The predicted molar refractivity (Wildman–Crippen MR) is 69.0 cm³/mol. The number of rotatable bonds is 3. The Kier molecular flexibility index (Phi) is 3.50. The topological polar surface area (TPSA) is 38.0 Å². The second-order valence-corrected chi connectivity index (χ2v) is 4.35. The van der Waals surface area contributed by atoms with Crippen LogP contribution in [0.3, 0.4) is 0 Å². The molecule has 1 N–H and O–H groups in total. The van der Waals surface area contributed by atoms with Gasteiger partial charge in [0, 0.05) is 23.2 Å². The average molecular weight is 251 g/mol. The maximum atomic E-state index is 9.35. The lowest BCUT2D eigenvalue weighted by Crippen LogP contribution is -1.99. The molecule has 3 nitrogen and oxygen atoms in total. The van der Waals surface area contributed by atoms with Gasteiger partial charge in [-0.2, -0.15) is 5.10 Å². The summed E-state index contributed by atoms with van der Waals surface area (Å²) in [7, 11) is 1.85. The summed E-state index contributed by atoms with van der Waals surface area (Å²) in [6, 6.07) is 7.60. The Balaban J connectivity index is 2.55. The van der Waals surface area contributed by atoms with Crippen molar-refractivity contribution in [3.63, 3.8) is 0 Å². The van der Waals surface area contributed by atoms with E-state index in [9.17, 15) is 5.11 Å². The van der Waals surface area contributed by atoms with E-state index in [2.05, 4.69) is 12.0 Å². The number of hydrogen-bond donors (Lipinski definition) is 1. The van der Waals surface area contributed by atoms with Gasteiger partial charge in [-0.25, -0.2) is 0 Å². The molecule has 1 heterocycles. The van der Waals surface area contributed by atoms with Crippen molar-refractivity contribution in [3.8, 4) is 11.3 Å². The van der Waals surface area contributed by atoms with Crippen molar-refractivity contribution in [1.82, 2.24) is 9.78 Å². The third-order valence-electron chi connectivity index (χ3n) is 2.90. The van der Waals surface area contributed by atoms with Crippen molar-refractivity contribution in [2.45, 2.75) is 20.0 Å². The highest BCUT2D eigenvalue weighted by atomic mass is 35.5. The molecule has 90 valence electrons. The van der Waals surface area contributed by atoms with Crippen molar-refractivity contribution < 1.29 is 5.11 Å². The second-order valence-electron chi connectivity index (χ2n) is 3.92. The van der Waals surface area contributed by atoms with E-state index in [1.165, 1.54) is 0 Å². The summed E-state index contributed by atoms with van der Waals surface area (Å²) in [6.07, 6.45) is 0.849. The molecule has 0 atom stereocenters. The number of nitrogens with zero attached hydrogens (tertiary/aromatic N) is 2. The zero-order chi connectivity index (χ0) is 12.4. The lowest BCUT2D eigenvalue weighted by atomic mass is 10.0. The van der Waals surface area contributed by atoms with E-state index in [-0.39, 0.29) is 6.61 Å². The van der Waals surface area contributed by atoms with Gasteiger partial charge < -0.3 is 5.11 Å². The molecule has 0 unspecified atom stereocenters. The summed E-state index contributed by atoms with van der Waals surface area (Å²) in [4.78, 5) is 0. The molecule has 0 amide bonds. The SMILES string of the molecule is CCc1c(-c2ccc(Cl)cc2)nn(C)c1CO. The summed E-state index contributed by atoms with van der Waals surface area (Å²) in [5.41, 5.74) is 3.92. The number of aliphatic hydroxyl groups excluding tert-OH is 1. The molecule has 0 bridgehead atoms. The molecule has 1 aromatic heterocycles. The first kappa shape index (κ1) is 12.1. The fourth-order valence-corrected chi connectivity index (χ4v) is 2.14. The van der Waals surface area contributed by atoms with Gasteiger partial charge in [-0.15, -0.1) is 0 Å². The van der Waals surface area contributed by atoms with Crippen LogP contribution in [-0.4, -0.2) is 14.9 Å². The van der Waals surface area contributed by atoms with Crippen LogP contribution in [0.5, 0.6) is 0 Å².